The van der Waals surface area contributed by atoms with E-state index in [2.05, 4.69) is 5.32 Å². The summed E-state index contributed by atoms with van der Waals surface area (Å²) in [5.74, 6) is 0.696. The summed E-state index contributed by atoms with van der Waals surface area (Å²) in [4.78, 5) is 12.9. The van der Waals surface area contributed by atoms with Gasteiger partial charge in [-0.05, 0) is 12.1 Å². The molecule has 0 saturated carbocycles. The van der Waals surface area contributed by atoms with Crippen LogP contribution in [0.4, 0.5) is 10.5 Å². The molecule has 0 spiro atoms. The number of urea groups is 1. The molecule has 0 fully saturated rings. The van der Waals surface area contributed by atoms with Crippen molar-refractivity contribution < 1.29 is 9.53 Å². The molecule has 0 unspecified atom stereocenters. The Morgan fingerprint density at radius 2 is 2.25 bits per heavy atom. The number of ether oxygens (including phenoxy) is 1. The van der Waals surface area contributed by atoms with Crippen LogP contribution in [0.2, 0.25) is 0 Å². The maximum Gasteiger partial charge on any atom is 0.321 e. The fourth-order valence-electron chi connectivity index (χ4n) is 1.08. The molecule has 1 aromatic carbocycles. The highest BCUT2D eigenvalue weighted by Crippen LogP contribution is 2.17. The van der Waals surface area contributed by atoms with Gasteiger partial charge in [0.05, 0.1) is 0 Å². The Kier molecular flexibility index (Phi) is 4.60. The van der Waals surface area contributed by atoms with Crippen LogP contribution in [0, 0.1) is 0 Å². The van der Waals surface area contributed by atoms with Gasteiger partial charge in [-0.15, -0.1) is 0 Å². The molecular weight excluding hydrogens is 206 g/mol. The van der Waals surface area contributed by atoms with E-state index in [0.717, 1.165) is 0 Å². The number of carbonyl (C=O) groups excluding carboxylic acids is 1. The quantitative estimate of drug-likeness (QED) is 0.803. The van der Waals surface area contributed by atoms with Crippen molar-refractivity contribution in [3.05, 3.63) is 24.3 Å². The first kappa shape index (κ1) is 12.3. The molecule has 5 heteroatoms. The second kappa shape index (κ2) is 5.97. The molecule has 1 rings (SSSR count). The summed E-state index contributed by atoms with van der Waals surface area (Å²) < 4.78 is 5.35. The Bertz CT molecular complexity index is 353. The molecule has 0 atom stereocenters. The lowest BCUT2D eigenvalue weighted by atomic mass is 10.3. The fourth-order valence-corrected chi connectivity index (χ4v) is 1.08. The molecule has 0 aliphatic carbocycles. The smallest absolute Gasteiger partial charge is 0.321 e. The highest BCUT2D eigenvalue weighted by molar-refractivity contribution is 5.89. The summed E-state index contributed by atoms with van der Waals surface area (Å²) in [5, 5.41) is 2.73. The first-order valence-corrected chi connectivity index (χ1v) is 5.04. The normalized spacial score (nSPS) is 9.69. The molecule has 2 amide bonds. The zero-order valence-electron chi connectivity index (χ0n) is 9.56. The largest absolute Gasteiger partial charge is 0.492 e. The summed E-state index contributed by atoms with van der Waals surface area (Å²) in [6.45, 7) is 0.930. The van der Waals surface area contributed by atoms with Gasteiger partial charge in [-0.25, -0.2) is 4.79 Å². The van der Waals surface area contributed by atoms with Gasteiger partial charge in [-0.1, -0.05) is 6.07 Å². The number of rotatable bonds is 4. The molecule has 0 saturated heterocycles. The molecule has 16 heavy (non-hydrogen) atoms. The Hall–Kier alpha value is -1.75. The van der Waals surface area contributed by atoms with Gasteiger partial charge in [0.2, 0.25) is 0 Å². The zero-order valence-corrected chi connectivity index (χ0v) is 9.56. The molecular formula is C11H17N3O2. The highest BCUT2D eigenvalue weighted by Gasteiger charge is 2.04. The number of carbonyl (C=O) groups is 1. The first-order valence-electron chi connectivity index (χ1n) is 5.04. The van der Waals surface area contributed by atoms with Crippen LogP contribution in [-0.4, -0.2) is 38.2 Å². The maximum atomic E-state index is 11.4. The van der Waals surface area contributed by atoms with Crippen LogP contribution in [-0.2, 0) is 0 Å². The standard InChI is InChI=1S/C11H17N3O2/c1-14(2)11(15)13-9-4-3-5-10(8-9)16-7-6-12/h3-5,8H,6-7,12H2,1-2H3,(H,13,15). The number of benzene rings is 1. The third-order valence-electron chi connectivity index (χ3n) is 1.88. The summed E-state index contributed by atoms with van der Waals surface area (Å²) in [5.41, 5.74) is 6.04. The summed E-state index contributed by atoms with van der Waals surface area (Å²) in [7, 11) is 3.37. The third-order valence-corrected chi connectivity index (χ3v) is 1.88. The molecule has 0 aliphatic rings. The third kappa shape index (κ3) is 3.78. The van der Waals surface area contributed by atoms with Gasteiger partial charge in [-0.2, -0.15) is 0 Å². The van der Waals surface area contributed by atoms with E-state index in [0.29, 0.717) is 24.6 Å². The van der Waals surface area contributed by atoms with E-state index in [1.807, 2.05) is 12.1 Å². The van der Waals surface area contributed by atoms with Crippen molar-refractivity contribution in [3.8, 4) is 5.75 Å². The number of amides is 2. The molecule has 3 N–H and O–H groups in total. The van der Waals surface area contributed by atoms with Crippen molar-refractivity contribution in [3.63, 3.8) is 0 Å². The van der Waals surface area contributed by atoms with Gasteiger partial charge < -0.3 is 20.7 Å². The number of nitrogens with zero attached hydrogens (tertiary/aromatic N) is 1. The molecule has 0 radical (unpaired) electrons. The van der Waals surface area contributed by atoms with Crippen molar-refractivity contribution in [1.29, 1.82) is 0 Å². The number of hydrogen-bond acceptors (Lipinski definition) is 3. The fraction of sp³-hybridized carbons (Fsp3) is 0.364. The van der Waals surface area contributed by atoms with Crippen molar-refractivity contribution in [1.82, 2.24) is 4.90 Å². The van der Waals surface area contributed by atoms with E-state index in [1.54, 1.807) is 26.2 Å². The minimum absolute atomic E-state index is 0.170. The zero-order chi connectivity index (χ0) is 12.0. The van der Waals surface area contributed by atoms with E-state index in [-0.39, 0.29) is 6.03 Å². The van der Waals surface area contributed by atoms with Crippen molar-refractivity contribution in [2.24, 2.45) is 5.73 Å². The predicted molar refractivity (Wildman–Crippen MR) is 63.7 cm³/mol. The van der Waals surface area contributed by atoms with Gasteiger partial charge in [0.15, 0.2) is 0 Å². The van der Waals surface area contributed by atoms with E-state index >= 15 is 0 Å². The van der Waals surface area contributed by atoms with Crippen molar-refractivity contribution in [2.75, 3.05) is 32.6 Å². The molecule has 5 nitrogen and oxygen atoms in total. The lowest BCUT2D eigenvalue weighted by Gasteiger charge is -2.12. The summed E-state index contributed by atoms with van der Waals surface area (Å²) >= 11 is 0. The van der Waals surface area contributed by atoms with Crippen LogP contribution < -0.4 is 15.8 Å². The molecule has 0 heterocycles. The van der Waals surface area contributed by atoms with E-state index in [4.69, 9.17) is 10.5 Å². The van der Waals surface area contributed by atoms with E-state index < -0.39 is 0 Å². The van der Waals surface area contributed by atoms with Crippen LogP contribution in [0.25, 0.3) is 0 Å². The van der Waals surface area contributed by atoms with Crippen LogP contribution >= 0.6 is 0 Å². The van der Waals surface area contributed by atoms with Gasteiger partial charge in [-0.3, -0.25) is 0 Å². The maximum absolute atomic E-state index is 11.4. The minimum Gasteiger partial charge on any atom is -0.492 e. The average Bonchev–Trinajstić information content (AvgIpc) is 2.26. The van der Waals surface area contributed by atoms with Crippen molar-refractivity contribution in [2.45, 2.75) is 0 Å². The molecule has 0 aromatic heterocycles. The Morgan fingerprint density at radius 3 is 2.88 bits per heavy atom. The van der Waals surface area contributed by atoms with Gasteiger partial charge in [0.1, 0.15) is 12.4 Å². The van der Waals surface area contributed by atoms with Crippen LogP contribution in [0.5, 0.6) is 5.75 Å². The molecule has 88 valence electrons. The number of hydrogen-bond donors (Lipinski definition) is 2. The number of nitrogens with one attached hydrogen (secondary N) is 1. The molecule has 1 aromatic rings. The van der Waals surface area contributed by atoms with E-state index in [9.17, 15) is 4.79 Å². The number of anilines is 1. The average molecular weight is 223 g/mol. The lowest BCUT2D eigenvalue weighted by Crippen LogP contribution is -2.27. The predicted octanol–water partition coefficient (Wildman–Crippen LogP) is 1.12. The summed E-state index contributed by atoms with van der Waals surface area (Å²) in [6, 6.07) is 7.03. The minimum atomic E-state index is -0.170. The Morgan fingerprint density at radius 1 is 1.50 bits per heavy atom. The highest BCUT2D eigenvalue weighted by atomic mass is 16.5. The van der Waals surface area contributed by atoms with Gasteiger partial charge >= 0.3 is 6.03 Å². The monoisotopic (exact) mass is 223 g/mol. The molecule has 0 bridgehead atoms. The second-order valence-electron chi connectivity index (χ2n) is 3.49. The second-order valence-corrected chi connectivity index (χ2v) is 3.49. The van der Waals surface area contributed by atoms with Crippen molar-refractivity contribution >= 4 is 11.7 Å². The van der Waals surface area contributed by atoms with Crippen LogP contribution in [0.15, 0.2) is 24.3 Å². The SMILES string of the molecule is CN(C)C(=O)Nc1cccc(OCCN)c1. The summed E-state index contributed by atoms with van der Waals surface area (Å²) in [6.07, 6.45) is 0. The first-order chi connectivity index (χ1) is 7.63. The Labute approximate surface area is 95.2 Å². The number of nitrogens with two attached hydrogens (primary N) is 1. The lowest BCUT2D eigenvalue weighted by molar-refractivity contribution is 0.230. The van der Waals surface area contributed by atoms with Gasteiger partial charge in [0.25, 0.3) is 0 Å². The Balaban J connectivity index is 2.63. The molecule has 0 aliphatic heterocycles. The van der Waals surface area contributed by atoms with Gasteiger partial charge in [0, 0.05) is 32.4 Å². The topological polar surface area (TPSA) is 67.6 Å². The van der Waals surface area contributed by atoms with E-state index in [1.165, 1.54) is 4.90 Å². The van der Waals surface area contributed by atoms with Crippen LogP contribution in [0.3, 0.4) is 0 Å². The van der Waals surface area contributed by atoms with Crippen LogP contribution in [0.1, 0.15) is 0 Å².